The van der Waals surface area contributed by atoms with Gasteiger partial charge in [0.05, 0.1) is 13.5 Å². The van der Waals surface area contributed by atoms with Crippen molar-refractivity contribution < 1.29 is 9.53 Å². The van der Waals surface area contributed by atoms with E-state index >= 15 is 0 Å². The van der Waals surface area contributed by atoms with E-state index in [4.69, 9.17) is 10.8 Å². The van der Waals surface area contributed by atoms with Gasteiger partial charge < -0.3 is 4.74 Å². The van der Waals surface area contributed by atoms with Gasteiger partial charge in [-0.1, -0.05) is 37.7 Å². The number of nitrogens with zero attached hydrogens (tertiary/aromatic N) is 1. The maximum Gasteiger partial charge on any atom is 0.309 e. The maximum absolute atomic E-state index is 11.3. The molecule has 5 nitrogen and oxygen atoms in total. The molecule has 0 saturated heterocycles. The quantitative estimate of drug-likeness (QED) is 0.496. The maximum atomic E-state index is 11.3. The van der Waals surface area contributed by atoms with Gasteiger partial charge in [-0.2, -0.15) is 0 Å². The molecule has 126 valence electrons. The molecule has 1 heterocycles. The van der Waals surface area contributed by atoms with Crippen LogP contribution < -0.4 is 5.49 Å². The predicted molar refractivity (Wildman–Crippen MR) is 94.5 cm³/mol. The minimum absolute atomic E-state index is 0.0527. The molecule has 0 unspecified atom stereocenters. The SMILES string of the molecule is COC(=O)Cc1ccc(Sc2ccc(=N)n(C(=N)C(C)C)c2)cc1. The number of benzene rings is 1. The van der Waals surface area contributed by atoms with E-state index in [-0.39, 0.29) is 18.3 Å². The molecule has 1 aromatic carbocycles. The summed E-state index contributed by atoms with van der Waals surface area (Å²) < 4.78 is 6.26. The molecule has 0 aliphatic heterocycles. The Labute approximate surface area is 145 Å². The highest BCUT2D eigenvalue weighted by Crippen LogP contribution is 2.27. The molecule has 0 aliphatic rings. The number of carbonyl (C=O) groups is 1. The molecule has 2 aromatic rings. The third-order valence-electron chi connectivity index (χ3n) is 3.46. The Morgan fingerprint density at radius 1 is 1.17 bits per heavy atom. The fraction of sp³-hybridized carbons (Fsp3) is 0.278. The summed E-state index contributed by atoms with van der Waals surface area (Å²) in [6.07, 6.45) is 2.08. The Hall–Kier alpha value is -2.34. The number of esters is 1. The van der Waals surface area contributed by atoms with E-state index in [0.717, 1.165) is 15.4 Å². The fourth-order valence-corrected chi connectivity index (χ4v) is 2.91. The Morgan fingerprint density at radius 2 is 1.79 bits per heavy atom. The Morgan fingerprint density at radius 3 is 2.38 bits per heavy atom. The molecule has 0 atom stereocenters. The van der Waals surface area contributed by atoms with E-state index in [9.17, 15) is 4.79 Å². The second kappa shape index (κ2) is 7.97. The van der Waals surface area contributed by atoms with E-state index in [0.29, 0.717) is 11.3 Å². The van der Waals surface area contributed by atoms with Crippen LogP contribution in [-0.4, -0.2) is 23.5 Å². The zero-order valence-electron chi connectivity index (χ0n) is 14.0. The summed E-state index contributed by atoms with van der Waals surface area (Å²) in [4.78, 5) is 13.3. The molecule has 2 rings (SSSR count). The van der Waals surface area contributed by atoms with E-state index < -0.39 is 0 Å². The van der Waals surface area contributed by atoms with Crippen LogP contribution in [0.1, 0.15) is 19.4 Å². The lowest BCUT2D eigenvalue weighted by Gasteiger charge is -2.13. The normalized spacial score (nSPS) is 10.7. The number of hydrogen-bond donors (Lipinski definition) is 2. The van der Waals surface area contributed by atoms with Crippen LogP contribution in [0.25, 0.3) is 0 Å². The van der Waals surface area contributed by atoms with Crippen LogP contribution in [-0.2, 0) is 16.0 Å². The largest absolute Gasteiger partial charge is 0.469 e. The molecule has 0 aliphatic carbocycles. The second-order valence-corrected chi connectivity index (χ2v) is 6.81. The van der Waals surface area contributed by atoms with Gasteiger partial charge in [0.15, 0.2) is 0 Å². The van der Waals surface area contributed by atoms with Crippen LogP contribution in [0.4, 0.5) is 0 Å². The average Bonchev–Trinajstić information content (AvgIpc) is 2.57. The van der Waals surface area contributed by atoms with E-state index in [2.05, 4.69) is 4.74 Å². The standard InChI is InChI=1S/C18H21N3O2S/c1-12(2)18(20)21-11-15(8-9-16(21)19)24-14-6-4-13(5-7-14)10-17(22)23-3/h4-9,11-12,19-20H,10H2,1-3H3. The molecule has 1 aromatic heterocycles. The number of pyridine rings is 1. The first kappa shape index (κ1) is 18.0. The summed E-state index contributed by atoms with van der Waals surface area (Å²) in [6, 6.07) is 11.3. The summed E-state index contributed by atoms with van der Waals surface area (Å²) in [5.41, 5.74) is 1.20. The number of methoxy groups -OCH3 is 1. The lowest BCUT2D eigenvalue weighted by Crippen LogP contribution is -2.28. The smallest absolute Gasteiger partial charge is 0.309 e. The highest BCUT2D eigenvalue weighted by Gasteiger charge is 2.08. The van der Waals surface area contributed by atoms with Crippen molar-refractivity contribution in [3.8, 4) is 0 Å². The van der Waals surface area contributed by atoms with Gasteiger partial charge in [0.2, 0.25) is 0 Å². The van der Waals surface area contributed by atoms with Crippen LogP contribution in [0.2, 0.25) is 0 Å². The van der Waals surface area contributed by atoms with Gasteiger partial charge in [0, 0.05) is 21.9 Å². The minimum Gasteiger partial charge on any atom is -0.469 e. The van der Waals surface area contributed by atoms with Gasteiger partial charge in [-0.05, 0) is 29.8 Å². The summed E-state index contributed by atoms with van der Waals surface area (Å²) in [6.45, 7) is 3.88. The number of hydrogen-bond acceptors (Lipinski definition) is 5. The van der Waals surface area contributed by atoms with Crippen LogP contribution in [0, 0.1) is 16.7 Å². The number of ether oxygens (including phenoxy) is 1. The molecule has 0 spiro atoms. The van der Waals surface area contributed by atoms with Crippen molar-refractivity contribution in [1.29, 1.82) is 10.8 Å². The monoisotopic (exact) mass is 343 g/mol. The molecule has 0 radical (unpaired) electrons. The molecular formula is C18H21N3O2S. The zero-order valence-corrected chi connectivity index (χ0v) is 14.8. The molecule has 24 heavy (non-hydrogen) atoms. The van der Waals surface area contributed by atoms with Crippen molar-refractivity contribution >= 4 is 23.6 Å². The molecular weight excluding hydrogens is 322 g/mol. The van der Waals surface area contributed by atoms with Crippen molar-refractivity contribution in [1.82, 2.24) is 4.57 Å². The van der Waals surface area contributed by atoms with Crippen LogP contribution in [0.3, 0.4) is 0 Å². The number of aromatic nitrogens is 1. The summed E-state index contributed by atoms with van der Waals surface area (Å²) >= 11 is 1.56. The molecule has 0 saturated carbocycles. The Bertz CT molecular complexity index is 795. The van der Waals surface area contributed by atoms with E-state index in [1.165, 1.54) is 7.11 Å². The highest BCUT2D eigenvalue weighted by molar-refractivity contribution is 7.99. The average molecular weight is 343 g/mol. The van der Waals surface area contributed by atoms with Gasteiger partial charge >= 0.3 is 5.97 Å². The van der Waals surface area contributed by atoms with Gasteiger partial charge in [-0.3, -0.25) is 20.2 Å². The molecule has 0 amide bonds. The van der Waals surface area contributed by atoms with Gasteiger partial charge in [0.25, 0.3) is 0 Å². The number of nitrogens with one attached hydrogen (secondary N) is 2. The summed E-state index contributed by atoms with van der Waals surface area (Å²) in [5.74, 6) is 0.197. The second-order valence-electron chi connectivity index (χ2n) is 5.66. The van der Waals surface area contributed by atoms with Gasteiger partial charge in [0.1, 0.15) is 11.3 Å². The van der Waals surface area contributed by atoms with Crippen LogP contribution >= 0.6 is 11.8 Å². The van der Waals surface area contributed by atoms with Crippen LogP contribution in [0.5, 0.6) is 0 Å². The van der Waals surface area contributed by atoms with Crippen molar-refractivity contribution in [2.45, 2.75) is 30.1 Å². The van der Waals surface area contributed by atoms with E-state index in [1.54, 1.807) is 22.4 Å². The zero-order chi connectivity index (χ0) is 17.7. The van der Waals surface area contributed by atoms with Crippen molar-refractivity contribution in [3.63, 3.8) is 0 Å². The molecule has 0 fully saturated rings. The lowest BCUT2D eigenvalue weighted by atomic mass is 10.2. The minimum atomic E-state index is -0.255. The Balaban J connectivity index is 2.16. The first-order valence-electron chi connectivity index (χ1n) is 7.60. The number of carbonyl (C=O) groups excluding carboxylic acids is 1. The third kappa shape index (κ3) is 4.58. The Kier molecular flexibility index (Phi) is 5.98. The lowest BCUT2D eigenvalue weighted by molar-refractivity contribution is -0.139. The van der Waals surface area contributed by atoms with E-state index in [1.807, 2.05) is 50.4 Å². The van der Waals surface area contributed by atoms with Crippen molar-refractivity contribution in [2.24, 2.45) is 5.92 Å². The predicted octanol–water partition coefficient (Wildman–Crippen LogP) is 3.32. The first-order valence-corrected chi connectivity index (χ1v) is 8.42. The summed E-state index contributed by atoms with van der Waals surface area (Å²) in [5, 5.41) is 16.1. The summed E-state index contributed by atoms with van der Waals surface area (Å²) in [7, 11) is 1.38. The van der Waals surface area contributed by atoms with Crippen molar-refractivity contribution in [3.05, 3.63) is 53.6 Å². The highest BCUT2D eigenvalue weighted by atomic mass is 32.2. The molecule has 0 bridgehead atoms. The third-order valence-corrected chi connectivity index (χ3v) is 4.45. The van der Waals surface area contributed by atoms with Gasteiger partial charge in [-0.15, -0.1) is 0 Å². The topological polar surface area (TPSA) is 78.9 Å². The number of rotatable bonds is 5. The molecule has 6 heteroatoms. The van der Waals surface area contributed by atoms with Crippen molar-refractivity contribution in [2.75, 3.05) is 7.11 Å². The van der Waals surface area contributed by atoms with Crippen LogP contribution in [0.15, 0.2) is 52.4 Å². The fourth-order valence-electron chi connectivity index (χ4n) is 2.07. The molecule has 2 N–H and O–H groups in total. The van der Waals surface area contributed by atoms with Gasteiger partial charge in [-0.25, -0.2) is 0 Å². The first-order chi connectivity index (χ1) is 11.4.